The van der Waals surface area contributed by atoms with Crippen LogP contribution in [0.1, 0.15) is 57.4 Å². The minimum absolute atomic E-state index is 0.211. The lowest BCUT2D eigenvalue weighted by Gasteiger charge is -2.31. The van der Waals surface area contributed by atoms with Crippen LogP contribution in [0.5, 0.6) is 0 Å². The lowest BCUT2D eigenvalue weighted by Crippen LogP contribution is -2.32. The molecule has 1 atom stereocenters. The Kier molecular flexibility index (Phi) is 5.53. The first-order valence-electron chi connectivity index (χ1n) is 7.75. The van der Waals surface area contributed by atoms with Gasteiger partial charge in [-0.1, -0.05) is 33.1 Å². The summed E-state index contributed by atoms with van der Waals surface area (Å²) >= 11 is 0. The van der Waals surface area contributed by atoms with E-state index < -0.39 is 11.6 Å². The summed E-state index contributed by atoms with van der Waals surface area (Å²) in [7, 11) is 0. The fourth-order valence-corrected chi connectivity index (χ4v) is 3.25. The highest BCUT2D eigenvalue weighted by Gasteiger charge is 2.25. The number of nitrogens with one attached hydrogen (secondary N) is 1. The molecule has 0 saturated heterocycles. The van der Waals surface area contributed by atoms with Crippen LogP contribution in [0, 0.1) is 17.6 Å². The van der Waals surface area contributed by atoms with E-state index in [1.807, 2.05) is 0 Å². The van der Waals surface area contributed by atoms with E-state index in [-0.39, 0.29) is 5.92 Å². The number of halogens is 2. The van der Waals surface area contributed by atoms with Gasteiger partial charge in [0, 0.05) is 18.7 Å². The van der Waals surface area contributed by atoms with E-state index in [9.17, 15) is 8.78 Å². The Balaban J connectivity index is 2.19. The molecule has 0 amide bonds. The van der Waals surface area contributed by atoms with Gasteiger partial charge in [0.25, 0.3) is 0 Å². The number of hydrogen-bond donors (Lipinski definition) is 1. The molecule has 1 aliphatic rings. The Morgan fingerprint density at radius 3 is 2.20 bits per heavy atom. The summed E-state index contributed by atoms with van der Waals surface area (Å²) in [6.45, 7) is 5.00. The van der Waals surface area contributed by atoms with Crippen molar-refractivity contribution in [3.05, 3.63) is 35.4 Å². The molecule has 1 aromatic rings. The first-order chi connectivity index (χ1) is 9.56. The summed E-state index contributed by atoms with van der Waals surface area (Å²) in [6.07, 6.45) is 6.10. The normalized spacial score (nSPS) is 18.4. The van der Waals surface area contributed by atoms with E-state index in [1.54, 1.807) is 0 Å². The monoisotopic (exact) mass is 281 g/mol. The van der Waals surface area contributed by atoms with Crippen molar-refractivity contribution < 1.29 is 8.78 Å². The summed E-state index contributed by atoms with van der Waals surface area (Å²) in [4.78, 5) is 0. The highest BCUT2D eigenvalue weighted by Crippen LogP contribution is 2.36. The van der Waals surface area contributed by atoms with Crippen LogP contribution in [-0.2, 0) is 0 Å². The largest absolute Gasteiger partial charge is 0.314 e. The van der Waals surface area contributed by atoms with Crippen molar-refractivity contribution in [1.29, 1.82) is 0 Å². The summed E-state index contributed by atoms with van der Waals surface area (Å²) in [5, 5.41) is 3.44. The van der Waals surface area contributed by atoms with Crippen LogP contribution in [0.3, 0.4) is 0 Å². The van der Waals surface area contributed by atoms with Crippen molar-refractivity contribution in [2.45, 2.75) is 57.9 Å². The number of hydrogen-bond acceptors (Lipinski definition) is 1. The molecule has 1 aliphatic carbocycles. The zero-order valence-electron chi connectivity index (χ0n) is 12.5. The molecule has 3 heteroatoms. The lowest BCUT2D eigenvalue weighted by molar-refractivity contribution is 0.292. The van der Waals surface area contributed by atoms with Gasteiger partial charge in [-0.25, -0.2) is 8.78 Å². The maximum absolute atomic E-state index is 13.5. The van der Waals surface area contributed by atoms with Crippen LogP contribution >= 0.6 is 0 Å². The van der Waals surface area contributed by atoms with Gasteiger partial charge in [-0.3, -0.25) is 0 Å². The molecule has 0 spiro atoms. The minimum Gasteiger partial charge on any atom is -0.314 e. The third-order valence-corrected chi connectivity index (χ3v) is 4.28. The molecule has 1 unspecified atom stereocenters. The van der Waals surface area contributed by atoms with Crippen molar-refractivity contribution >= 4 is 0 Å². The Morgan fingerprint density at radius 1 is 1.05 bits per heavy atom. The molecule has 1 fully saturated rings. The first kappa shape index (κ1) is 15.4. The Hall–Kier alpha value is -0.960. The van der Waals surface area contributed by atoms with E-state index in [1.165, 1.54) is 44.2 Å². The van der Waals surface area contributed by atoms with Crippen molar-refractivity contribution in [3.8, 4) is 0 Å². The second-order valence-corrected chi connectivity index (χ2v) is 6.27. The lowest BCUT2D eigenvalue weighted by atomic mass is 9.76. The molecule has 1 nitrogen and oxygen atoms in total. The summed E-state index contributed by atoms with van der Waals surface area (Å²) in [6, 6.07) is 4.35. The topological polar surface area (TPSA) is 12.0 Å². The van der Waals surface area contributed by atoms with E-state index in [4.69, 9.17) is 0 Å². The second-order valence-electron chi connectivity index (χ2n) is 6.27. The average molecular weight is 281 g/mol. The fraction of sp³-hybridized carbons (Fsp3) is 0.647. The molecule has 2 rings (SSSR count). The zero-order valence-corrected chi connectivity index (χ0v) is 12.5. The van der Waals surface area contributed by atoms with Crippen LogP contribution < -0.4 is 5.32 Å². The molecule has 112 valence electrons. The van der Waals surface area contributed by atoms with E-state index >= 15 is 0 Å². The first-order valence-corrected chi connectivity index (χ1v) is 7.75. The number of benzene rings is 1. The van der Waals surface area contributed by atoms with E-state index in [0.29, 0.717) is 12.0 Å². The molecule has 0 aliphatic heterocycles. The summed E-state index contributed by atoms with van der Waals surface area (Å²) < 4.78 is 27.0. The van der Waals surface area contributed by atoms with Crippen LogP contribution in [0.2, 0.25) is 0 Å². The van der Waals surface area contributed by atoms with Crippen LogP contribution in [-0.4, -0.2) is 12.6 Å². The van der Waals surface area contributed by atoms with Gasteiger partial charge in [0.15, 0.2) is 0 Å². The molecule has 1 N–H and O–H groups in total. The van der Waals surface area contributed by atoms with Crippen LogP contribution in [0.15, 0.2) is 18.2 Å². The highest BCUT2D eigenvalue weighted by molar-refractivity contribution is 5.23. The Bertz CT molecular complexity index is 405. The molecule has 20 heavy (non-hydrogen) atoms. The van der Waals surface area contributed by atoms with Gasteiger partial charge < -0.3 is 5.32 Å². The molecule has 1 saturated carbocycles. The molecule has 1 aromatic carbocycles. The SMILES string of the molecule is CC(C)NCC(c1cc(F)cc(F)c1)C1CCCCC1. The van der Waals surface area contributed by atoms with Gasteiger partial charge in [0.05, 0.1) is 0 Å². The van der Waals surface area contributed by atoms with Gasteiger partial charge in [-0.15, -0.1) is 0 Å². The smallest absolute Gasteiger partial charge is 0.126 e. The standard InChI is InChI=1S/C17H25F2N/c1-12(2)20-11-17(13-6-4-3-5-7-13)14-8-15(18)10-16(19)9-14/h8-10,12-13,17,20H,3-7,11H2,1-2H3. The summed E-state index contributed by atoms with van der Waals surface area (Å²) in [5.41, 5.74) is 0.808. The quantitative estimate of drug-likeness (QED) is 0.830. The molecule has 0 heterocycles. The molecular weight excluding hydrogens is 256 g/mol. The minimum atomic E-state index is -0.467. The van der Waals surface area contributed by atoms with Crippen LogP contribution in [0.25, 0.3) is 0 Å². The van der Waals surface area contributed by atoms with E-state index in [2.05, 4.69) is 19.2 Å². The summed E-state index contributed by atoms with van der Waals surface area (Å²) in [5.74, 6) is -0.185. The van der Waals surface area contributed by atoms with Crippen molar-refractivity contribution in [2.24, 2.45) is 5.92 Å². The fourth-order valence-electron chi connectivity index (χ4n) is 3.25. The third kappa shape index (κ3) is 4.27. The van der Waals surface area contributed by atoms with Gasteiger partial charge in [0.1, 0.15) is 11.6 Å². The Morgan fingerprint density at radius 2 is 1.65 bits per heavy atom. The second kappa shape index (κ2) is 7.16. The van der Waals surface area contributed by atoms with E-state index in [0.717, 1.165) is 18.2 Å². The van der Waals surface area contributed by atoms with Crippen LogP contribution in [0.4, 0.5) is 8.78 Å². The number of rotatable bonds is 5. The Labute approximate surface area is 120 Å². The molecular formula is C17H25F2N. The predicted molar refractivity (Wildman–Crippen MR) is 78.8 cm³/mol. The zero-order chi connectivity index (χ0) is 14.5. The van der Waals surface area contributed by atoms with Gasteiger partial charge in [-0.05, 0) is 42.4 Å². The maximum Gasteiger partial charge on any atom is 0.126 e. The van der Waals surface area contributed by atoms with Crippen molar-refractivity contribution in [3.63, 3.8) is 0 Å². The van der Waals surface area contributed by atoms with Gasteiger partial charge in [0.2, 0.25) is 0 Å². The highest BCUT2D eigenvalue weighted by atomic mass is 19.1. The van der Waals surface area contributed by atoms with Gasteiger partial charge >= 0.3 is 0 Å². The van der Waals surface area contributed by atoms with Gasteiger partial charge in [-0.2, -0.15) is 0 Å². The predicted octanol–water partition coefficient (Wildman–Crippen LogP) is 4.63. The third-order valence-electron chi connectivity index (χ3n) is 4.28. The van der Waals surface area contributed by atoms with Crippen molar-refractivity contribution in [1.82, 2.24) is 5.32 Å². The van der Waals surface area contributed by atoms with Crippen molar-refractivity contribution in [2.75, 3.05) is 6.54 Å². The average Bonchev–Trinajstić information content (AvgIpc) is 2.38. The maximum atomic E-state index is 13.5. The molecule has 0 bridgehead atoms. The molecule has 0 aromatic heterocycles. The molecule has 0 radical (unpaired) electrons.